The van der Waals surface area contributed by atoms with E-state index in [1.807, 2.05) is 30.3 Å². The van der Waals surface area contributed by atoms with E-state index >= 15 is 0 Å². The molecule has 0 fully saturated rings. The highest BCUT2D eigenvalue weighted by molar-refractivity contribution is 5.80. The molecule has 0 atom stereocenters. The number of rotatable bonds is 3. The van der Waals surface area contributed by atoms with Crippen LogP contribution in [0.4, 0.5) is 14.5 Å². The number of hydrogen-bond acceptors (Lipinski definition) is 2. The van der Waals surface area contributed by atoms with Crippen LogP contribution in [0.3, 0.4) is 0 Å². The highest BCUT2D eigenvalue weighted by atomic mass is 19.1. The van der Waals surface area contributed by atoms with Gasteiger partial charge in [0.1, 0.15) is 5.82 Å². The SMILES string of the molecule is Fc1ccc(NN=Cc2ccccc2)c(F)c1. The van der Waals surface area contributed by atoms with Crippen molar-refractivity contribution in [2.75, 3.05) is 5.43 Å². The van der Waals surface area contributed by atoms with E-state index in [1.165, 1.54) is 12.1 Å². The molecule has 0 aliphatic carbocycles. The van der Waals surface area contributed by atoms with Gasteiger partial charge in [-0.15, -0.1) is 0 Å². The smallest absolute Gasteiger partial charge is 0.151 e. The summed E-state index contributed by atoms with van der Waals surface area (Å²) in [6.07, 6.45) is 1.56. The average molecular weight is 232 g/mol. The van der Waals surface area contributed by atoms with Gasteiger partial charge in [0.15, 0.2) is 5.82 Å². The van der Waals surface area contributed by atoms with Gasteiger partial charge in [0.05, 0.1) is 11.9 Å². The molecule has 0 saturated carbocycles. The molecule has 2 aromatic rings. The maximum atomic E-state index is 13.2. The molecule has 0 unspecified atom stereocenters. The molecule has 0 amide bonds. The number of nitrogens with one attached hydrogen (secondary N) is 1. The quantitative estimate of drug-likeness (QED) is 0.636. The highest BCUT2D eigenvalue weighted by Gasteiger charge is 2.01. The molecule has 17 heavy (non-hydrogen) atoms. The third-order valence-electron chi connectivity index (χ3n) is 2.13. The van der Waals surface area contributed by atoms with Crippen molar-refractivity contribution in [1.29, 1.82) is 0 Å². The van der Waals surface area contributed by atoms with Crippen LogP contribution in [0, 0.1) is 11.6 Å². The summed E-state index contributed by atoms with van der Waals surface area (Å²) in [6, 6.07) is 12.7. The summed E-state index contributed by atoms with van der Waals surface area (Å²) >= 11 is 0. The first-order valence-corrected chi connectivity index (χ1v) is 5.05. The van der Waals surface area contributed by atoms with Crippen LogP contribution in [-0.2, 0) is 0 Å². The van der Waals surface area contributed by atoms with Crippen molar-refractivity contribution >= 4 is 11.9 Å². The van der Waals surface area contributed by atoms with E-state index in [2.05, 4.69) is 10.5 Å². The Labute approximate surface area is 97.6 Å². The van der Waals surface area contributed by atoms with Crippen LogP contribution < -0.4 is 5.43 Å². The van der Waals surface area contributed by atoms with E-state index in [-0.39, 0.29) is 5.69 Å². The Bertz CT molecular complexity index is 524. The molecule has 2 rings (SSSR count). The Balaban J connectivity index is 2.05. The van der Waals surface area contributed by atoms with Gasteiger partial charge in [-0.05, 0) is 17.7 Å². The van der Waals surface area contributed by atoms with E-state index in [9.17, 15) is 8.78 Å². The summed E-state index contributed by atoms with van der Waals surface area (Å²) in [4.78, 5) is 0. The molecule has 0 aromatic heterocycles. The average Bonchev–Trinajstić information content (AvgIpc) is 2.33. The van der Waals surface area contributed by atoms with E-state index in [0.29, 0.717) is 0 Å². The second-order valence-electron chi connectivity index (χ2n) is 3.40. The molecule has 2 aromatic carbocycles. The molecule has 0 aliphatic heterocycles. The van der Waals surface area contributed by atoms with Crippen LogP contribution in [0.25, 0.3) is 0 Å². The highest BCUT2D eigenvalue weighted by Crippen LogP contribution is 2.14. The van der Waals surface area contributed by atoms with Crippen molar-refractivity contribution in [3.8, 4) is 0 Å². The summed E-state index contributed by atoms with van der Waals surface area (Å²) in [6.45, 7) is 0. The zero-order valence-corrected chi connectivity index (χ0v) is 8.90. The fourth-order valence-electron chi connectivity index (χ4n) is 1.30. The van der Waals surface area contributed by atoms with Gasteiger partial charge in [-0.3, -0.25) is 5.43 Å². The molecule has 0 saturated heterocycles. The van der Waals surface area contributed by atoms with E-state index < -0.39 is 11.6 Å². The lowest BCUT2D eigenvalue weighted by atomic mass is 10.2. The third kappa shape index (κ3) is 3.11. The van der Waals surface area contributed by atoms with Gasteiger partial charge < -0.3 is 0 Å². The van der Waals surface area contributed by atoms with Crippen molar-refractivity contribution in [1.82, 2.24) is 0 Å². The molecule has 86 valence electrons. The van der Waals surface area contributed by atoms with Gasteiger partial charge in [0, 0.05) is 6.07 Å². The summed E-state index contributed by atoms with van der Waals surface area (Å²) in [5, 5.41) is 3.86. The van der Waals surface area contributed by atoms with Gasteiger partial charge in [-0.1, -0.05) is 30.3 Å². The maximum absolute atomic E-state index is 13.2. The first kappa shape index (κ1) is 11.3. The normalized spacial score (nSPS) is 10.7. The molecular weight excluding hydrogens is 222 g/mol. The van der Waals surface area contributed by atoms with E-state index in [1.54, 1.807) is 6.21 Å². The first-order valence-electron chi connectivity index (χ1n) is 5.05. The standard InChI is InChI=1S/C13H10F2N2/c14-11-6-7-13(12(15)8-11)17-16-9-10-4-2-1-3-5-10/h1-9,17H. The number of benzene rings is 2. The summed E-state index contributed by atoms with van der Waals surface area (Å²) < 4.78 is 25.8. The first-order chi connectivity index (χ1) is 8.25. The second kappa shape index (κ2) is 5.21. The molecule has 0 spiro atoms. The molecule has 0 bridgehead atoms. The van der Waals surface area contributed by atoms with Gasteiger partial charge in [-0.2, -0.15) is 5.10 Å². The van der Waals surface area contributed by atoms with Crippen molar-refractivity contribution in [2.45, 2.75) is 0 Å². The van der Waals surface area contributed by atoms with Crippen LogP contribution in [0.1, 0.15) is 5.56 Å². The zero-order valence-electron chi connectivity index (χ0n) is 8.90. The van der Waals surface area contributed by atoms with Crippen molar-refractivity contribution in [3.63, 3.8) is 0 Å². The maximum Gasteiger partial charge on any atom is 0.151 e. The fraction of sp³-hybridized carbons (Fsp3) is 0. The molecule has 2 nitrogen and oxygen atoms in total. The topological polar surface area (TPSA) is 24.4 Å². The lowest BCUT2D eigenvalue weighted by molar-refractivity contribution is 0.585. The van der Waals surface area contributed by atoms with Crippen LogP contribution in [-0.4, -0.2) is 6.21 Å². The predicted molar refractivity (Wildman–Crippen MR) is 64.0 cm³/mol. The third-order valence-corrected chi connectivity index (χ3v) is 2.13. The predicted octanol–water partition coefficient (Wildman–Crippen LogP) is 3.41. The van der Waals surface area contributed by atoms with Crippen LogP contribution in [0.15, 0.2) is 53.6 Å². The number of hydrogen-bond donors (Lipinski definition) is 1. The lowest BCUT2D eigenvalue weighted by Crippen LogP contribution is -1.94. The Morgan fingerprint density at radius 1 is 1.00 bits per heavy atom. The Morgan fingerprint density at radius 3 is 2.47 bits per heavy atom. The van der Waals surface area contributed by atoms with E-state index in [0.717, 1.165) is 11.6 Å². The minimum atomic E-state index is -0.671. The number of halogens is 2. The number of nitrogens with zero attached hydrogens (tertiary/aromatic N) is 1. The van der Waals surface area contributed by atoms with E-state index in [4.69, 9.17) is 0 Å². The number of hydrazone groups is 1. The summed E-state index contributed by atoms with van der Waals surface area (Å²) in [5.41, 5.74) is 3.55. The van der Waals surface area contributed by atoms with Gasteiger partial charge in [0.2, 0.25) is 0 Å². The second-order valence-corrected chi connectivity index (χ2v) is 3.40. The zero-order chi connectivity index (χ0) is 12.1. The monoisotopic (exact) mass is 232 g/mol. The summed E-state index contributed by atoms with van der Waals surface area (Å²) in [5.74, 6) is -1.28. The Hall–Kier alpha value is -2.23. The molecule has 4 heteroatoms. The Kier molecular flexibility index (Phi) is 3.45. The molecular formula is C13H10F2N2. The minimum Gasteiger partial charge on any atom is -0.276 e. The van der Waals surface area contributed by atoms with Gasteiger partial charge in [-0.25, -0.2) is 8.78 Å². The molecule has 0 aliphatic rings. The molecule has 1 N–H and O–H groups in total. The minimum absolute atomic E-state index is 0.138. The van der Waals surface area contributed by atoms with Crippen LogP contribution in [0.5, 0.6) is 0 Å². The van der Waals surface area contributed by atoms with Crippen LogP contribution >= 0.6 is 0 Å². The molecule has 0 radical (unpaired) electrons. The van der Waals surface area contributed by atoms with Gasteiger partial charge in [0.25, 0.3) is 0 Å². The van der Waals surface area contributed by atoms with Gasteiger partial charge >= 0.3 is 0 Å². The number of anilines is 1. The van der Waals surface area contributed by atoms with Crippen molar-refractivity contribution < 1.29 is 8.78 Å². The van der Waals surface area contributed by atoms with Crippen LogP contribution in [0.2, 0.25) is 0 Å². The van der Waals surface area contributed by atoms with Crippen molar-refractivity contribution in [2.24, 2.45) is 5.10 Å². The lowest BCUT2D eigenvalue weighted by Gasteiger charge is -2.01. The largest absolute Gasteiger partial charge is 0.276 e. The molecule has 0 heterocycles. The summed E-state index contributed by atoms with van der Waals surface area (Å²) in [7, 11) is 0. The van der Waals surface area contributed by atoms with Crippen molar-refractivity contribution in [3.05, 3.63) is 65.7 Å². The Morgan fingerprint density at radius 2 is 1.76 bits per heavy atom. The fourth-order valence-corrected chi connectivity index (χ4v) is 1.30.